The van der Waals surface area contributed by atoms with Crippen molar-refractivity contribution in [2.45, 2.75) is 38.0 Å². The molecule has 0 spiro atoms. The summed E-state index contributed by atoms with van der Waals surface area (Å²) in [6.07, 6.45) is 4.86. The molecule has 4 heterocycles. The average Bonchev–Trinajstić information content (AvgIpc) is 3.11. The number of H-pyrrole nitrogens is 1. The van der Waals surface area contributed by atoms with Gasteiger partial charge in [-0.1, -0.05) is 11.6 Å². The Kier molecular flexibility index (Phi) is 5.13. The number of amides is 2. The Morgan fingerprint density at radius 1 is 1.25 bits per heavy atom. The van der Waals surface area contributed by atoms with E-state index < -0.39 is 18.5 Å². The van der Waals surface area contributed by atoms with Gasteiger partial charge in [0.15, 0.2) is 0 Å². The largest absolute Gasteiger partial charge is 0.322 e. The van der Waals surface area contributed by atoms with E-state index in [1.807, 2.05) is 0 Å². The predicted molar refractivity (Wildman–Crippen MR) is 115 cm³/mol. The maximum atomic E-state index is 14.9. The number of pyridine rings is 1. The molecule has 1 saturated heterocycles. The number of hydrogen-bond donors (Lipinski definition) is 2. The van der Waals surface area contributed by atoms with E-state index >= 15 is 0 Å². The number of carbonyl (C=O) groups is 1. The Morgan fingerprint density at radius 3 is 2.91 bits per heavy atom. The van der Waals surface area contributed by atoms with Crippen LogP contribution in [0.4, 0.5) is 19.3 Å². The molecule has 2 unspecified atom stereocenters. The summed E-state index contributed by atoms with van der Waals surface area (Å²) in [7, 11) is 0. The maximum Gasteiger partial charge on any atom is 0.322 e. The van der Waals surface area contributed by atoms with E-state index in [9.17, 15) is 18.4 Å². The second-order valence-electron chi connectivity index (χ2n) is 7.96. The van der Waals surface area contributed by atoms with Crippen LogP contribution < -0.4 is 10.9 Å². The van der Waals surface area contributed by atoms with Gasteiger partial charge in [-0.2, -0.15) is 5.10 Å². The third kappa shape index (κ3) is 3.52. The monoisotopic (exact) mass is 457 g/mol. The van der Waals surface area contributed by atoms with Gasteiger partial charge in [-0.3, -0.25) is 9.78 Å². The number of aromatic nitrogens is 3. The van der Waals surface area contributed by atoms with Crippen molar-refractivity contribution in [2.75, 3.05) is 5.32 Å². The molecule has 2 aliphatic heterocycles. The number of alkyl halides is 1. The van der Waals surface area contributed by atoms with Gasteiger partial charge in [0, 0.05) is 41.2 Å². The predicted octanol–water partition coefficient (Wildman–Crippen LogP) is 4.39. The Morgan fingerprint density at radius 2 is 2.09 bits per heavy atom. The molecular weight excluding hydrogens is 440 g/mol. The van der Waals surface area contributed by atoms with E-state index in [4.69, 9.17) is 11.6 Å². The van der Waals surface area contributed by atoms with Crippen LogP contribution in [0.5, 0.6) is 0 Å². The minimum atomic E-state index is -0.695. The van der Waals surface area contributed by atoms with Crippen molar-refractivity contribution in [3.63, 3.8) is 0 Å². The highest BCUT2D eigenvalue weighted by Gasteiger charge is 2.44. The lowest BCUT2D eigenvalue weighted by Gasteiger charge is -2.35. The fourth-order valence-electron chi connectivity index (χ4n) is 4.57. The van der Waals surface area contributed by atoms with Crippen molar-refractivity contribution in [3.05, 3.63) is 74.7 Å². The highest BCUT2D eigenvalue weighted by molar-refractivity contribution is 6.33. The Bertz CT molecular complexity index is 1280. The van der Waals surface area contributed by atoms with E-state index in [0.717, 1.165) is 12.0 Å². The Hall–Kier alpha value is -3.33. The number of nitrogens with one attached hydrogen (secondary N) is 2. The SMILES string of the molecule is O=C(Nc1cc(Cl)c(-c2cncc(CF)c2)cc1F)N1C2CCC1c1n[nH]c(=O)cc1C2. The molecule has 0 saturated carbocycles. The fraction of sp³-hybridized carbons (Fsp3) is 0.273. The first-order valence-electron chi connectivity index (χ1n) is 10.1. The van der Waals surface area contributed by atoms with E-state index in [2.05, 4.69) is 20.5 Å². The van der Waals surface area contributed by atoms with Gasteiger partial charge in [0.1, 0.15) is 12.5 Å². The van der Waals surface area contributed by atoms with Crippen LogP contribution in [0.15, 0.2) is 41.5 Å². The number of aromatic amines is 1. The van der Waals surface area contributed by atoms with Gasteiger partial charge in [0.2, 0.25) is 0 Å². The fourth-order valence-corrected chi connectivity index (χ4v) is 4.84. The molecule has 2 atom stereocenters. The number of carbonyl (C=O) groups excluding carboxylic acids is 1. The zero-order chi connectivity index (χ0) is 22.4. The minimum absolute atomic E-state index is 0.0574. The van der Waals surface area contributed by atoms with Crippen LogP contribution in [0.3, 0.4) is 0 Å². The molecule has 2 aromatic heterocycles. The molecule has 2 amide bonds. The van der Waals surface area contributed by atoms with Crippen molar-refractivity contribution in [2.24, 2.45) is 0 Å². The lowest BCUT2D eigenvalue weighted by molar-refractivity contribution is 0.177. The van der Waals surface area contributed by atoms with Crippen molar-refractivity contribution < 1.29 is 13.6 Å². The van der Waals surface area contributed by atoms with E-state index in [1.54, 1.807) is 11.0 Å². The standard InChI is InChI=1S/C22H18ClF2N5O2/c23-16-7-18(17(25)6-15(16)13-3-11(8-24)9-26-10-13)27-22(32)30-14-1-2-19(30)21-12(4-14)5-20(31)28-29-21/h3,5-7,9-10,14,19H,1-2,4,8H2,(H,27,32)(H,28,31). The first kappa shape index (κ1) is 20.6. The second-order valence-corrected chi connectivity index (χ2v) is 8.37. The molecule has 10 heteroatoms. The molecule has 1 aromatic carbocycles. The molecule has 0 aliphatic carbocycles. The van der Waals surface area contributed by atoms with E-state index in [1.165, 1.54) is 30.6 Å². The summed E-state index contributed by atoms with van der Waals surface area (Å²) in [6, 6.07) is 4.77. The van der Waals surface area contributed by atoms with Crippen LogP contribution in [0, 0.1) is 5.82 Å². The molecule has 5 rings (SSSR count). The molecular formula is C22H18ClF2N5O2. The van der Waals surface area contributed by atoms with E-state index in [0.29, 0.717) is 35.2 Å². The molecule has 32 heavy (non-hydrogen) atoms. The lowest BCUT2D eigenvalue weighted by atomic mass is 9.99. The number of halogens is 3. The number of anilines is 1. The number of rotatable bonds is 3. The van der Waals surface area contributed by atoms with Gasteiger partial charge >= 0.3 is 6.03 Å². The van der Waals surface area contributed by atoms with Gasteiger partial charge in [-0.15, -0.1) is 0 Å². The lowest BCUT2D eigenvalue weighted by Crippen LogP contribution is -2.45. The topological polar surface area (TPSA) is 91.0 Å². The molecule has 164 valence electrons. The van der Waals surface area contributed by atoms with Gasteiger partial charge in [0.05, 0.1) is 22.4 Å². The van der Waals surface area contributed by atoms with Crippen LogP contribution in [-0.2, 0) is 13.1 Å². The maximum absolute atomic E-state index is 14.9. The Labute approximate surface area is 186 Å². The van der Waals surface area contributed by atoms with Crippen molar-refractivity contribution in [3.8, 4) is 11.1 Å². The summed E-state index contributed by atoms with van der Waals surface area (Å²) >= 11 is 6.36. The average molecular weight is 458 g/mol. The third-order valence-corrected chi connectivity index (χ3v) is 6.30. The van der Waals surface area contributed by atoms with Crippen molar-refractivity contribution >= 4 is 23.3 Å². The van der Waals surface area contributed by atoms with E-state index in [-0.39, 0.29) is 28.4 Å². The number of hydrogen-bond acceptors (Lipinski definition) is 4. The van der Waals surface area contributed by atoms with Crippen molar-refractivity contribution in [1.82, 2.24) is 20.1 Å². The smallest absolute Gasteiger partial charge is 0.313 e. The van der Waals surface area contributed by atoms with Crippen LogP contribution >= 0.6 is 11.6 Å². The van der Waals surface area contributed by atoms with Gasteiger partial charge in [-0.05, 0) is 43.0 Å². The van der Waals surface area contributed by atoms with Crippen LogP contribution in [0.2, 0.25) is 5.02 Å². The molecule has 1 fully saturated rings. The third-order valence-electron chi connectivity index (χ3n) is 5.99. The summed E-state index contributed by atoms with van der Waals surface area (Å²) in [5.41, 5.74) is 2.36. The summed E-state index contributed by atoms with van der Waals surface area (Å²) in [4.78, 5) is 30.3. The number of benzene rings is 1. The number of nitrogens with zero attached hydrogens (tertiary/aromatic N) is 3. The molecule has 2 aliphatic rings. The highest BCUT2D eigenvalue weighted by atomic mass is 35.5. The molecule has 2 bridgehead atoms. The van der Waals surface area contributed by atoms with Gasteiger partial charge < -0.3 is 10.2 Å². The summed E-state index contributed by atoms with van der Waals surface area (Å²) in [5, 5.41) is 9.39. The van der Waals surface area contributed by atoms with Crippen LogP contribution in [0.1, 0.15) is 35.7 Å². The summed E-state index contributed by atoms with van der Waals surface area (Å²) < 4.78 is 27.8. The Balaban J connectivity index is 1.41. The molecule has 0 radical (unpaired) electrons. The zero-order valence-electron chi connectivity index (χ0n) is 16.7. The zero-order valence-corrected chi connectivity index (χ0v) is 17.5. The van der Waals surface area contributed by atoms with Crippen LogP contribution in [-0.4, -0.2) is 32.2 Å². The molecule has 2 N–H and O–H groups in total. The normalized spacial score (nSPS) is 19.0. The summed E-state index contributed by atoms with van der Waals surface area (Å²) in [5.74, 6) is -0.671. The van der Waals surface area contributed by atoms with Crippen molar-refractivity contribution in [1.29, 1.82) is 0 Å². The quantitative estimate of drug-likeness (QED) is 0.610. The molecule has 7 nitrogen and oxygen atoms in total. The van der Waals surface area contributed by atoms with Crippen LogP contribution in [0.25, 0.3) is 11.1 Å². The van der Waals surface area contributed by atoms with Gasteiger partial charge in [0.25, 0.3) is 5.56 Å². The first-order valence-corrected chi connectivity index (χ1v) is 10.5. The minimum Gasteiger partial charge on any atom is -0.313 e. The second kappa shape index (κ2) is 7.98. The number of urea groups is 1. The molecule has 3 aromatic rings. The number of fused-ring (bicyclic) bond motifs is 4. The summed E-state index contributed by atoms with van der Waals surface area (Å²) in [6.45, 7) is -0.695. The van der Waals surface area contributed by atoms with Gasteiger partial charge in [-0.25, -0.2) is 18.7 Å². The highest BCUT2D eigenvalue weighted by Crippen LogP contribution is 2.42. The first-order chi connectivity index (χ1) is 15.4.